The summed E-state index contributed by atoms with van der Waals surface area (Å²) in [5.41, 5.74) is 15.9. The third kappa shape index (κ3) is 6.41. The molecule has 4 N–H and O–H groups in total. The molecule has 10 rings (SSSR count). The topological polar surface area (TPSA) is 162 Å². The van der Waals surface area contributed by atoms with Crippen molar-refractivity contribution in [3.8, 4) is 34.3 Å². The van der Waals surface area contributed by atoms with Crippen molar-refractivity contribution in [1.29, 1.82) is 0 Å². The number of hydrogen-bond acceptors (Lipinski definition) is 12. The number of aliphatic imine (C=N–C) groups is 2. The Bertz CT molecular complexity index is 2340. The van der Waals surface area contributed by atoms with E-state index in [1.54, 1.807) is 24.4 Å². The van der Waals surface area contributed by atoms with Crippen LogP contribution in [0.25, 0.3) is 11.1 Å². The highest BCUT2D eigenvalue weighted by atomic mass is 79.9. The van der Waals surface area contributed by atoms with Crippen LogP contribution >= 0.6 is 27.5 Å². The van der Waals surface area contributed by atoms with Gasteiger partial charge >= 0.3 is 0 Å². The number of ether oxygens (including phenoxy) is 5. The molecule has 2 spiro atoms. The minimum absolute atomic E-state index is 0.261. The fourth-order valence-electron chi connectivity index (χ4n) is 7.84. The van der Waals surface area contributed by atoms with Gasteiger partial charge in [-0.25, -0.2) is 15.0 Å². The number of aromatic nitrogens is 3. The highest BCUT2D eigenvalue weighted by Gasteiger charge is 2.47. The first-order chi connectivity index (χ1) is 26.7. The van der Waals surface area contributed by atoms with Gasteiger partial charge in [-0.3, -0.25) is 9.98 Å². The van der Waals surface area contributed by atoms with Gasteiger partial charge in [0.1, 0.15) is 52.6 Å². The monoisotopic (exact) mass is 825 g/mol. The molecule has 12 nitrogen and oxygen atoms in total. The van der Waals surface area contributed by atoms with Gasteiger partial charge in [-0.2, -0.15) is 4.39 Å². The maximum atomic E-state index is 14.5. The zero-order valence-corrected chi connectivity index (χ0v) is 31.6. The Kier molecular flexibility index (Phi) is 9.25. The number of nitrogens with two attached hydrogens (primary N) is 2. The largest absolute Gasteiger partial charge is 0.455 e. The number of rotatable bonds is 2. The maximum Gasteiger partial charge on any atom is 0.225 e. The zero-order chi connectivity index (χ0) is 37.7. The Labute approximate surface area is 328 Å². The van der Waals surface area contributed by atoms with Crippen molar-refractivity contribution in [2.45, 2.75) is 29.8 Å². The van der Waals surface area contributed by atoms with E-state index in [1.807, 2.05) is 42.6 Å². The van der Waals surface area contributed by atoms with Gasteiger partial charge in [0.15, 0.2) is 5.75 Å². The van der Waals surface area contributed by atoms with Crippen LogP contribution in [-0.4, -0.2) is 66.3 Å². The standard InChI is InChI=1S/C25H23FN4O3.C15H11BrClN3O2/c26-23-18(2-1-7-28-23)16-3-4-21-19(10-16)25(14-32-13-22(27)30-25)20-11-17(12-29-24(20)33-21)15-5-8-31-9-6-15;16-8-1-2-11-9(3-8)15(7-21-6-14(18)20-15)10-4-13(17)19-5-12(10)22-11/h1-4,7,10-12,15H,5-6,8-9,13-14H2,(H2,27,30);1-5H,6-7H2,(H2,18,20)/t25-;15-/m00/s1. The van der Waals surface area contributed by atoms with Crippen LogP contribution < -0.4 is 20.9 Å². The molecule has 0 unspecified atom stereocenters. The van der Waals surface area contributed by atoms with Gasteiger partial charge in [0, 0.05) is 57.9 Å². The van der Waals surface area contributed by atoms with E-state index < -0.39 is 17.0 Å². The molecule has 0 radical (unpaired) electrons. The second-order valence-electron chi connectivity index (χ2n) is 13.8. The molecular weight excluding hydrogens is 793 g/mol. The highest BCUT2D eigenvalue weighted by molar-refractivity contribution is 9.10. The summed E-state index contributed by atoms with van der Waals surface area (Å²) in [6.07, 6.45) is 6.80. The normalized spacial score (nSPS) is 22.4. The van der Waals surface area contributed by atoms with Gasteiger partial charge in [-0.1, -0.05) is 33.6 Å². The van der Waals surface area contributed by atoms with E-state index in [2.05, 4.69) is 36.9 Å². The predicted molar refractivity (Wildman–Crippen MR) is 207 cm³/mol. The molecule has 0 bridgehead atoms. The van der Waals surface area contributed by atoms with Crippen LogP contribution in [0.2, 0.25) is 5.15 Å². The Morgan fingerprint density at radius 1 is 0.727 bits per heavy atom. The molecule has 55 heavy (non-hydrogen) atoms. The maximum absolute atomic E-state index is 14.5. The van der Waals surface area contributed by atoms with E-state index in [0.29, 0.717) is 70.2 Å². The van der Waals surface area contributed by atoms with Crippen molar-refractivity contribution in [3.63, 3.8) is 0 Å². The molecule has 3 aromatic heterocycles. The first-order valence-electron chi connectivity index (χ1n) is 17.7. The third-order valence-corrected chi connectivity index (χ3v) is 11.1. The average Bonchev–Trinajstić information content (AvgIpc) is 3.20. The Morgan fingerprint density at radius 3 is 2.16 bits per heavy atom. The molecule has 0 aliphatic carbocycles. The second kappa shape index (κ2) is 14.3. The highest BCUT2D eigenvalue weighted by Crippen LogP contribution is 2.52. The summed E-state index contributed by atoms with van der Waals surface area (Å²) in [5, 5.41) is 0.375. The van der Waals surface area contributed by atoms with Crippen LogP contribution in [0.1, 0.15) is 46.6 Å². The molecule has 5 aromatic rings. The minimum Gasteiger partial charge on any atom is -0.455 e. The van der Waals surface area contributed by atoms with Crippen LogP contribution in [0.15, 0.2) is 93.7 Å². The van der Waals surface area contributed by atoms with E-state index >= 15 is 0 Å². The lowest BCUT2D eigenvalue weighted by molar-refractivity contribution is 0.0850. The lowest BCUT2D eigenvalue weighted by Crippen LogP contribution is -2.42. The quantitative estimate of drug-likeness (QED) is 0.175. The summed E-state index contributed by atoms with van der Waals surface area (Å²) in [4.78, 5) is 22.2. The number of hydrogen-bond donors (Lipinski definition) is 2. The molecule has 2 aromatic carbocycles. The molecule has 1 saturated heterocycles. The van der Waals surface area contributed by atoms with Crippen molar-refractivity contribution in [2.75, 3.05) is 39.6 Å². The van der Waals surface area contributed by atoms with E-state index in [1.165, 1.54) is 6.20 Å². The number of pyridine rings is 3. The van der Waals surface area contributed by atoms with Gasteiger partial charge in [0.05, 0.1) is 19.4 Å². The Hall–Kier alpha value is -4.99. The average molecular weight is 827 g/mol. The Morgan fingerprint density at radius 2 is 1.42 bits per heavy atom. The molecule has 5 aliphatic heterocycles. The van der Waals surface area contributed by atoms with Crippen molar-refractivity contribution in [1.82, 2.24) is 15.0 Å². The van der Waals surface area contributed by atoms with Gasteiger partial charge in [0.2, 0.25) is 11.8 Å². The number of benzene rings is 2. The van der Waals surface area contributed by atoms with Crippen LogP contribution in [-0.2, 0) is 25.3 Å². The van der Waals surface area contributed by atoms with E-state index in [-0.39, 0.29) is 13.2 Å². The lowest BCUT2D eigenvalue weighted by Gasteiger charge is -2.39. The van der Waals surface area contributed by atoms with Gasteiger partial charge in [0.25, 0.3) is 0 Å². The molecule has 8 heterocycles. The van der Waals surface area contributed by atoms with Crippen LogP contribution in [0.4, 0.5) is 4.39 Å². The minimum atomic E-state index is -0.922. The van der Waals surface area contributed by atoms with Crippen LogP contribution in [0, 0.1) is 5.95 Å². The number of nitrogens with zero attached hydrogens (tertiary/aromatic N) is 5. The SMILES string of the molecule is NC1=N[C@@]2(COC1)c1cc(-c3cccnc3F)ccc1Oc1ncc(C3CCOCC3)cc12.NC1=N[C@@]2(COC1)c1cc(Br)ccc1Oc1cnc(Cl)cc12. The van der Waals surface area contributed by atoms with E-state index in [4.69, 9.17) is 56.7 Å². The van der Waals surface area contributed by atoms with Gasteiger partial charge in [-0.05, 0) is 84.5 Å². The van der Waals surface area contributed by atoms with Gasteiger partial charge in [-0.15, -0.1) is 0 Å². The number of fused-ring (bicyclic) bond motifs is 8. The van der Waals surface area contributed by atoms with Gasteiger partial charge < -0.3 is 35.2 Å². The summed E-state index contributed by atoms with van der Waals surface area (Å²) in [5.74, 6) is 3.08. The van der Waals surface area contributed by atoms with Crippen molar-refractivity contribution < 1.29 is 28.1 Å². The fourth-order valence-corrected chi connectivity index (χ4v) is 8.36. The van der Waals surface area contributed by atoms with Crippen molar-refractivity contribution in [3.05, 3.63) is 123 Å². The fraction of sp³-hybridized carbons (Fsp3) is 0.275. The van der Waals surface area contributed by atoms with Crippen LogP contribution in [0.5, 0.6) is 23.1 Å². The smallest absolute Gasteiger partial charge is 0.225 e. The summed E-state index contributed by atoms with van der Waals surface area (Å²) in [7, 11) is 0. The molecule has 2 atom stereocenters. The van der Waals surface area contributed by atoms with E-state index in [9.17, 15) is 4.39 Å². The molecule has 280 valence electrons. The lowest BCUT2D eigenvalue weighted by atomic mass is 9.79. The number of amidine groups is 2. The molecule has 0 saturated carbocycles. The van der Waals surface area contributed by atoms with Crippen LogP contribution in [0.3, 0.4) is 0 Å². The first-order valence-corrected chi connectivity index (χ1v) is 18.9. The molecule has 15 heteroatoms. The first kappa shape index (κ1) is 35.7. The number of halogens is 3. The molecule has 5 aliphatic rings. The zero-order valence-electron chi connectivity index (χ0n) is 29.3. The summed E-state index contributed by atoms with van der Waals surface area (Å²) >= 11 is 9.57. The summed E-state index contributed by atoms with van der Waals surface area (Å²) in [6.45, 7) is 2.71. The Balaban J connectivity index is 0.000000157. The second-order valence-corrected chi connectivity index (χ2v) is 15.1. The van der Waals surface area contributed by atoms with E-state index in [0.717, 1.165) is 58.3 Å². The van der Waals surface area contributed by atoms with Crippen molar-refractivity contribution in [2.24, 2.45) is 21.5 Å². The molecule has 0 amide bonds. The molecular formula is C40H34BrClFN7O5. The third-order valence-electron chi connectivity index (χ3n) is 10.4. The molecule has 1 fully saturated rings. The summed E-state index contributed by atoms with van der Waals surface area (Å²) < 4.78 is 44.6. The predicted octanol–water partition coefficient (Wildman–Crippen LogP) is 7.15. The van der Waals surface area contributed by atoms with Crippen molar-refractivity contribution >= 4 is 39.2 Å². The summed E-state index contributed by atoms with van der Waals surface area (Å²) in [6, 6.07) is 18.6.